The van der Waals surface area contributed by atoms with Gasteiger partial charge in [0.05, 0.1) is 19.6 Å². The van der Waals surface area contributed by atoms with Gasteiger partial charge in [-0.05, 0) is 34.1 Å². The van der Waals surface area contributed by atoms with Gasteiger partial charge in [-0.3, -0.25) is 4.79 Å². The number of carbonyl (C=O) groups is 1. The fourth-order valence-corrected chi connectivity index (χ4v) is 4.60. The highest BCUT2D eigenvalue weighted by Crippen LogP contribution is 2.39. The van der Waals surface area contributed by atoms with Crippen molar-refractivity contribution in [1.29, 1.82) is 0 Å². The first kappa shape index (κ1) is 27.2. The minimum absolute atomic E-state index is 0.0142. The highest BCUT2D eigenvalue weighted by atomic mass is 16.3. The van der Waals surface area contributed by atoms with Crippen molar-refractivity contribution < 1.29 is 9.90 Å². The molecule has 0 aliphatic rings. The van der Waals surface area contributed by atoms with Crippen molar-refractivity contribution >= 4 is 5.78 Å². The van der Waals surface area contributed by atoms with Gasteiger partial charge in [-0.15, -0.1) is 0 Å². The molecule has 1 aromatic heterocycles. The van der Waals surface area contributed by atoms with Crippen molar-refractivity contribution in [1.82, 2.24) is 9.13 Å². The van der Waals surface area contributed by atoms with Crippen LogP contribution in [0.1, 0.15) is 74.2 Å². The number of rotatable bonds is 7. The predicted octanol–water partition coefficient (Wildman–Crippen LogP) is 6.62. The summed E-state index contributed by atoms with van der Waals surface area (Å²) in [4.78, 5) is 18.7. The van der Waals surface area contributed by atoms with Gasteiger partial charge in [0.25, 0.3) is 0 Å². The normalized spacial score (nSPS) is 12.6. The monoisotopic (exact) mass is 509 g/mol. The Morgan fingerprint density at radius 3 is 1.79 bits per heavy atom. The molecule has 0 unspecified atom stereocenters. The van der Waals surface area contributed by atoms with Gasteiger partial charge in [0.2, 0.25) is 5.62 Å². The first-order valence-corrected chi connectivity index (χ1v) is 13.2. The van der Waals surface area contributed by atoms with E-state index >= 15 is 0 Å². The molecule has 5 nitrogen and oxygen atoms in total. The molecule has 1 heterocycles. The van der Waals surface area contributed by atoms with Crippen molar-refractivity contribution in [2.24, 2.45) is 4.99 Å². The number of carbonyl (C=O) groups excluding carboxylic acids is 1. The van der Waals surface area contributed by atoms with E-state index in [1.54, 1.807) is 0 Å². The molecule has 0 bridgehead atoms. The van der Waals surface area contributed by atoms with E-state index in [1.165, 1.54) is 5.56 Å². The van der Waals surface area contributed by atoms with Crippen LogP contribution in [-0.4, -0.2) is 20.0 Å². The maximum atomic E-state index is 13.7. The Balaban J connectivity index is 1.74. The quantitative estimate of drug-likeness (QED) is 0.285. The smallest absolute Gasteiger partial charge is 0.205 e. The van der Waals surface area contributed by atoms with E-state index in [1.807, 2.05) is 65.5 Å². The van der Waals surface area contributed by atoms with Gasteiger partial charge in [-0.25, -0.2) is 4.99 Å². The molecule has 38 heavy (non-hydrogen) atoms. The molecule has 4 aromatic rings. The molecule has 3 aromatic carbocycles. The summed E-state index contributed by atoms with van der Waals surface area (Å²) in [5.74, 6) is 0.265. The third kappa shape index (κ3) is 6.34. The molecule has 1 N–H and O–H groups in total. The minimum atomic E-state index is -0.303. The van der Waals surface area contributed by atoms with Crippen LogP contribution < -0.4 is 5.62 Å². The number of nitrogens with zero attached hydrogens (tertiary/aromatic N) is 3. The maximum Gasteiger partial charge on any atom is 0.205 e. The van der Waals surface area contributed by atoms with Crippen LogP contribution in [0.4, 0.5) is 0 Å². The zero-order valence-electron chi connectivity index (χ0n) is 23.4. The third-order valence-corrected chi connectivity index (χ3v) is 6.74. The Labute approximate surface area is 226 Å². The molecule has 0 saturated carbocycles. The summed E-state index contributed by atoms with van der Waals surface area (Å²) in [7, 11) is 0. The third-order valence-electron chi connectivity index (χ3n) is 6.74. The average molecular weight is 510 g/mol. The Bertz CT molecular complexity index is 1430. The summed E-state index contributed by atoms with van der Waals surface area (Å²) in [6, 6.07) is 24.1. The number of hydrogen-bond acceptors (Lipinski definition) is 3. The van der Waals surface area contributed by atoms with E-state index in [9.17, 15) is 9.90 Å². The zero-order chi connectivity index (χ0) is 27.5. The molecule has 198 valence electrons. The number of imidazole rings is 1. The molecule has 0 aliphatic heterocycles. The molecule has 0 atom stereocenters. The Kier molecular flexibility index (Phi) is 7.77. The predicted molar refractivity (Wildman–Crippen MR) is 154 cm³/mol. The molecule has 0 radical (unpaired) electrons. The fourth-order valence-electron chi connectivity index (χ4n) is 4.60. The molecule has 4 rings (SSSR count). The number of ketones is 1. The molecule has 0 fully saturated rings. The number of benzene rings is 3. The first-order chi connectivity index (χ1) is 17.9. The van der Waals surface area contributed by atoms with Gasteiger partial charge in [0.15, 0.2) is 5.78 Å². The number of hydrogen-bond donors (Lipinski definition) is 1. The molecular formula is C33H39N3O2. The summed E-state index contributed by atoms with van der Waals surface area (Å²) in [5, 5.41) is 11.1. The van der Waals surface area contributed by atoms with E-state index in [2.05, 4.69) is 70.4 Å². The summed E-state index contributed by atoms with van der Waals surface area (Å²) in [6.45, 7) is 13.7. The SMILES string of the molecule is CC(C)(C)c1cc(C(=O)Cn2ccn(Cc3ccccc3)/c2=N\Cc2ccccc2)cc(C(C)(C)C)c1O. The van der Waals surface area contributed by atoms with Gasteiger partial charge >= 0.3 is 0 Å². The van der Waals surface area contributed by atoms with Gasteiger partial charge < -0.3 is 14.2 Å². The number of aromatic hydroxyl groups is 1. The maximum absolute atomic E-state index is 13.7. The van der Waals surface area contributed by atoms with Crippen molar-refractivity contribution in [2.45, 2.75) is 72.0 Å². The number of phenolic OH excluding ortho intramolecular Hbond substituents is 1. The summed E-state index contributed by atoms with van der Waals surface area (Å²) < 4.78 is 4.01. The van der Waals surface area contributed by atoms with E-state index in [4.69, 9.17) is 4.99 Å². The lowest BCUT2D eigenvalue weighted by Gasteiger charge is -2.28. The van der Waals surface area contributed by atoms with E-state index in [-0.39, 0.29) is 28.9 Å². The molecular weight excluding hydrogens is 470 g/mol. The van der Waals surface area contributed by atoms with Crippen LogP contribution in [0.5, 0.6) is 5.75 Å². The van der Waals surface area contributed by atoms with Crippen molar-refractivity contribution in [3.63, 3.8) is 0 Å². The van der Waals surface area contributed by atoms with Gasteiger partial charge in [0.1, 0.15) is 5.75 Å². The lowest BCUT2D eigenvalue weighted by Crippen LogP contribution is -2.29. The highest BCUT2D eigenvalue weighted by Gasteiger charge is 2.28. The highest BCUT2D eigenvalue weighted by molar-refractivity contribution is 5.96. The summed E-state index contributed by atoms with van der Waals surface area (Å²) >= 11 is 0. The van der Waals surface area contributed by atoms with Crippen molar-refractivity contribution in [3.05, 3.63) is 119 Å². The number of aromatic nitrogens is 2. The first-order valence-electron chi connectivity index (χ1n) is 13.2. The van der Waals surface area contributed by atoms with Crippen LogP contribution in [-0.2, 0) is 30.5 Å². The largest absolute Gasteiger partial charge is 0.507 e. The van der Waals surface area contributed by atoms with Gasteiger partial charge in [0, 0.05) is 29.1 Å². The van der Waals surface area contributed by atoms with Crippen LogP contribution in [0, 0.1) is 0 Å². The second-order valence-corrected chi connectivity index (χ2v) is 12.0. The average Bonchev–Trinajstić information content (AvgIpc) is 3.23. The Morgan fingerprint density at radius 2 is 1.26 bits per heavy atom. The van der Waals surface area contributed by atoms with Gasteiger partial charge in [-0.1, -0.05) is 102 Å². The standard InChI is InChI=1S/C33H39N3O2/c1-32(2,3)27-19-26(20-28(30(27)38)33(4,5)6)29(37)23-36-18-17-35(22-25-15-11-8-12-16-25)31(36)34-21-24-13-9-7-10-14-24/h7-20,38H,21-23H2,1-6H3/b34-31+. The second kappa shape index (κ2) is 10.9. The summed E-state index contributed by atoms with van der Waals surface area (Å²) in [6.07, 6.45) is 3.92. The van der Waals surface area contributed by atoms with Gasteiger partial charge in [-0.2, -0.15) is 0 Å². The lowest BCUT2D eigenvalue weighted by molar-refractivity contribution is 0.0970. The molecule has 0 amide bonds. The molecule has 5 heteroatoms. The molecule has 0 spiro atoms. The van der Waals surface area contributed by atoms with E-state index in [0.717, 1.165) is 22.3 Å². The van der Waals surface area contributed by atoms with Crippen LogP contribution in [0.25, 0.3) is 0 Å². The molecule has 0 saturated heterocycles. The van der Waals surface area contributed by atoms with Crippen LogP contribution in [0.2, 0.25) is 0 Å². The lowest BCUT2D eigenvalue weighted by atomic mass is 9.78. The van der Waals surface area contributed by atoms with Crippen LogP contribution in [0.15, 0.2) is 90.2 Å². The number of Topliss-reactive ketones (excluding diaryl/α,β-unsaturated/α-hetero) is 1. The fraction of sp³-hybridized carbons (Fsp3) is 0.333. The summed E-state index contributed by atoms with van der Waals surface area (Å²) in [5.41, 5.74) is 4.60. The minimum Gasteiger partial charge on any atom is -0.507 e. The van der Waals surface area contributed by atoms with E-state index < -0.39 is 0 Å². The van der Waals surface area contributed by atoms with Crippen LogP contribution >= 0.6 is 0 Å². The topological polar surface area (TPSA) is 59.5 Å². The molecule has 0 aliphatic carbocycles. The zero-order valence-corrected chi connectivity index (χ0v) is 23.4. The Hall–Kier alpha value is -3.86. The van der Waals surface area contributed by atoms with Crippen molar-refractivity contribution in [3.8, 4) is 5.75 Å². The number of phenols is 1. The van der Waals surface area contributed by atoms with E-state index in [0.29, 0.717) is 18.7 Å². The second-order valence-electron chi connectivity index (χ2n) is 12.0. The Morgan fingerprint density at radius 1 is 0.763 bits per heavy atom. The van der Waals surface area contributed by atoms with Crippen molar-refractivity contribution in [2.75, 3.05) is 0 Å². The van der Waals surface area contributed by atoms with Crippen LogP contribution in [0.3, 0.4) is 0 Å².